The van der Waals surface area contributed by atoms with Crippen LogP contribution in [0.3, 0.4) is 0 Å². The number of hydrogen-bond donors (Lipinski definition) is 1. The van der Waals surface area contributed by atoms with Crippen molar-refractivity contribution >= 4 is 24.8 Å². The van der Waals surface area contributed by atoms with Gasteiger partial charge in [0.2, 0.25) is 5.95 Å². The third-order valence-corrected chi connectivity index (χ3v) is 3.42. The van der Waals surface area contributed by atoms with E-state index in [0.29, 0.717) is 5.56 Å². The normalized spacial score (nSPS) is 17.8. The highest BCUT2D eigenvalue weighted by molar-refractivity contribution is 5.85. The summed E-state index contributed by atoms with van der Waals surface area (Å²) in [6.45, 7) is 10.3. The Morgan fingerprint density at radius 1 is 1.25 bits per heavy atom. The Morgan fingerprint density at radius 3 is 2.35 bits per heavy atom. The van der Waals surface area contributed by atoms with Gasteiger partial charge in [-0.05, 0) is 11.5 Å². The van der Waals surface area contributed by atoms with Crippen LogP contribution in [0.5, 0.6) is 0 Å². The van der Waals surface area contributed by atoms with Crippen molar-refractivity contribution in [2.24, 2.45) is 5.41 Å². The van der Waals surface area contributed by atoms with Gasteiger partial charge in [0.1, 0.15) is 0 Å². The Bertz CT molecular complexity index is 404. The minimum atomic E-state index is -0.337. The Kier molecular flexibility index (Phi) is 7.96. The van der Waals surface area contributed by atoms with E-state index < -0.39 is 0 Å². The van der Waals surface area contributed by atoms with Crippen molar-refractivity contribution in [2.45, 2.75) is 26.8 Å². The quantitative estimate of drug-likeness (QED) is 0.848. The number of pyridine rings is 1. The van der Waals surface area contributed by atoms with E-state index in [-0.39, 0.29) is 42.2 Å². The zero-order valence-corrected chi connectivity index (χ0v) is 13.9. The van der Waals surface area contributed by atoms with Crippen molar-refractivity contribution in [3.8, 4) is 0 Å². The van der Waals surface area contributed by atoms with Crippen LogP contribution in [0, 0.1) is 11.4 Å². The zero-order valence-electron chi connectivity index (χ0n) is 12.2. The highest BCUT2D eigenvalue weighted by Gasteiger charge is 2.34. The average Bonchev–Trinajstić information content (AvgIpc) is 2.32. The first-order valence-corrected chi connectivity index (χ1v) is 6.55. The summed E-state index contributed by atoms with van der Waals surface area (Å²) in [7, 11) is 0. The van der Waals surface area contributed by atoms with E-state index in [4.69, 9.17) is 0 Å². The lowest BCUT2D eigenvalue weighted by Crippen LogP contribution is -2.48. The molecule has 116 valence electrons. The number of nitrogens with zero attached hydrogens (tertiary/aromatic N) is 2. The first-order chi connectivity index (χ1) is 8.50. The van der Waals surface area contributed by atoms with Crippen molar-refractivity contribution < 1.29 is 4.39 Å². The van der Waals surface area contributed by atoms with Crippen LogP contribution in [0.15, 0.2) is 18.3 Å². The molecule has 0 bridgehead atoms. The molecular weight excluding hydrogens is 300 g/mol. The number of hydrogen-bond acceptors (Lipinski definition) is 3. The maximum atomic E-state index is 14.0. The number of piperazine rings is 1. The summed E-state index contributed by atoms with van der Waals surface area (Å²) < 4.78 is 14.0. The standard InChI is InChI=1S/C14H22FN3.2ClH/c1-14(2,3)12(18-9-7-16-8-10-18)11-5-4-6-17-13(11)15;;/h4-6,12,16H,7-10H2,1-3H3;2*1H/t12-;;/m1../s1. The molecule has 3 nitrogen and oxygen atoms in total. The van der Waals surface area contributed by atoms with Gasteiger partial charge in [-0.15, -0.1) is 24.8 Å². The smallest absolute Gasteiger partial charge is 0.217 e. The molecule has 1 aromatic rings. The lowest BCUT2D eigenvalue weighted by Gasteiger charge is -2.42. The van der Waals surface area contributed by atoms with E-state index in [1.807, 2.05) is 12.1 Å². The summed E-state index contributed by atoms with van der Waals surface area (Å²) >= 11 is 0. The second-order valence-corrected chi connectivity index (χ2v) is 5.94. The van der Waals surface area contributed by atoms with E-state index in [9.17, 15) is 4.39 Å². The van der Waals surface area contributed by atoms with Crippen molar-refractivity contribution in [1.82, 2.24) is 15.2 Å². The van der Waals surface area contributed by atoms with Crippen LogP contribution in [0.1, 0.15) is 32.4 Å². The SMILES string of the molecule is CC(C)(C)[C@@H](c1cccnc1F)N1CCNCC1.Cl.Cl. The summed E-state index contributed by atoms with van der Waals surface area (Å²) in [6, 6.07) is 3.76. The lowest BCUT2D eigenvalue weighted by molar-refractivity contribution is 0.0828. The van der Waals surface area contributed by atoms with Gasteiger partial charge in [-0.25, -0.2) is 4.98 Å². The van der Waals surface area contributed by atoms with Gasteiger partial charge in [0, 0.05) is 44.0 Å². The molecule has 0 saturated carbocycles. The molecule has 1 atom stereocenters. The molecular formula is C14H24Cl2FN3. The number of halogens is 3. The largest absolute Gasteiger partial charge is 0.314 e. The second kappa shape index (κ2) is 8.13. The number of aromatic nitrogens is 1. The summed E-state index contributed by atoms with van der Waals surface area (Å²) in [4.78, 5) is 6.16. The van der Waals surface area contributed by atoms with Crippen molar-refractivity contribution in [2.75, 3.05) is 26.2 Å². The Hall–Kier alpha value is -0.420. The van der Waals surface area contributed by atoms with Crippen LogP contribution in [0.2, 0.25) is 0 Å². The average molecular weight is 324 g/mol. The predicted molar refractivity (Wildman–Crippen MR) is 85.3 cm³/mol. The third-order valence-electron chi connectivity index (χ3n) is 3.42. The van der Waals surface area contributed by atoms with Gasteiger partial charge in [0.25, 0.3) is 0 Å². The summed E-state index contributed by atoms with van der Waals surface area (Å²) in [6.07, 6.45) is 1.51. The fourth-order valence-electron chi connectivity index (χ4n) is 2.75. The minimum absolute atomic E-state index is 0. The molecule has 0 aliphatic carbocycles. The summed E-state index contributed by atoms with van der Waals surface area (Å²) in [5.74, 6) is -0.337. The van der Waals surface area contributed by atoms with E-state index in [1.54, 1.807) is 0 Å². The van der Waals surface area contributed by atoms with Gasteiger partial charge in [-0.2, -0.15) is 4.39 Å². The van der Waals surface area contributed by atoms with Crippen LogP contribution in [0.4, 0.5) is 4.39 Å². The maximum Gasteiger partial charge on any atom is 0.217 e. The lowest BCUT2D eigenvalue weighted by atomic mass is 9.81. The molecule has 1 N–H and O–H groups in total. The maximum absolute atomic E-state index is 14.0. The fraction of sp³-hybridized carbons (Fsp3) is 0.643. The van der Waals surface area contributed by atoms with E-state index in [0.717, 1.165) is 26.2 Å². The molecule has 1 aromatic heterocycles. The second-order valence-electron chi connectivity index (χ2n) is 5.94. The molecule has 0 amide bonds. The molecule has 2 rings (SSSR count). The Balaban J connectivity index is 0.00000180. The van der Waals surface area contributed by atoms with Crippen molar-refractivity contribution in [3.63, 3.8) is 0 Å². The molecule has 1 fully saturated rings. The van der Waals surface area contributed by atoms with Gasteiger partial charge in [0.05, 0.1) is 0 Å². The summed E-state index contributed by atoms with van der Waals surface area (Å²) in [5, 5.41) is 3.34. The van der Waals surface area contributed by atoms with Crippen molar-refractivity contribution in [1.29, 1.82) is 0 Å². The van der Waals surface area contributed by atoms with E-state index in [2.05, 4.69) is 36.0 Å². The first-order valence-electron chi connectivity index (χ1n) is 6.55. The fourth-order valence-corrected chi connectivity index (χ4v) is 2.75. The highest BCUT2D eigenvalue weighted by Crippen LogP contribution is 2.38. The predicted octanol–water partition coefficient (Wildman–Crippen LogP) is 3.06. The monoisotopic (exact) mass is 323 g/mol. The van der Waals surface area contributed by atoms with Gasteiger partial charge in [0.15, 0.2) is 0 Å². The Labute approximate surface area is 133 Å². The number of nitrogens with one attached hydrogen (secondary N) is 1. The van der Waals surface area contributed by atoms with Gasteiger partial charge in [-0.3, -0.25) is 4.90 Å². The molecule has 0 radical (unpaired) electrons. The number of rotatable bonds is 2. The van der Waals surface area contributed by atoms with E-state index >= 15 is 0 Å². The van der Waals surface area contributed by atoms with Gasteiger partial charge < -0.3 is 5.32 Å². The molecule has 1 aliphatic heterocycles. The Morgan fingerprint density at radius 2 is 1.85 bits per heavy atom. The van der Waals surface area contributed by atoms with Crippen LogP contribution in [0.25, 0.3) is 0 Å². The van der Waals surface area contributed by atoms with Crippen LogP contribution in [-0.4, -0.2) is 36.1 Å². The summed E-state index contributed by atoms with van der Waals surface area (Å²) in [5.41, 5.74) is 0.702. The molecule has 2 heterocycles. The third kappa shape index (κ3) is 4.55. The minimum Gasteiger partial charge on any atom is -0.314 e. The topological polar surface area (TPSA) is 28.2 Å². The van der Waals surface area contributed by atoms with Gasteiger partial charge >= 0.3 is 0 Å². The van der Waals surface area contributed by atoms with Gasteiger partial charge in [-0.1, -0.05) is 26.8 Å². The van der Waals surface area contributed by atoms with Crippen LogP contribution in [-0.2, 0) is 0 Å². The molecule has 0 unspecified atom stereocenters. The van der Waals surface area contributed by atoms with Crippen LogP contribution >= 0.6 is 24.8 Å². The molecule has 20 heavy (non-hydrogen) atoms. The van der Waals surface area contributed by atoms with Crippen LogP contribution < -0.4 is 5.32 Å². The van der Waals surface area contributed by atoms with E-state index in [1.165, 1.54) is 6.20 Å². The zero-order chi connectivity index (χ0) is 13.2. The first kappa shape index (κ1) is 19.6. The molecule has 0 spiro atoms. The highest BCUT2D eigenvalue weighted by atomic mass is 35.5. The van der Waals surface area contributed by atoms with Crippen molar-refractivity contribution in [3.05, 3.63) is 29.8 Å². The molecule has 1 aliphatic rings. The molecule has 1 saturated heterocycles. The molecule has 6 heteroatoms. The molecule has 0 aromatic carbocycles.